The van der Waals surface area contributed by atoms with Crippen LogP contribution in [0.4, 0.5) is 0 Å². The standard InChI is InChI=1S/C12H25N5/c1-8(2)6-11(7-9(3)4)13-10(5)12-14-16-17-15-12/h8-11,13H,6-7H2,1-5H3,(H,14,15,16,17). The predicted molar refractivity (Wildman–Crippen MR) is 68.4 cm³/mol. The highest BCUT2D eigenvalue weighted by Crippen LogP contribution is 2.16. The molecule has 0 saturated heterocycles. The van der Waals surface area contributed by atoms with Crippen molar-refractivity contribution in [2.45, 2.75) is 59.5 Å². The number of aromatic nitrogens is 4. The summed E-state index contributed by atoms with van der Waals surface area (Å²) in [6.07, 6.45) is 2.36. The monoisotopic (exact) mass is 239 g/mol. The van der Waals surface area contributed by atoms with Gasteiger partial charge in [-0.3, -0.25) is 0 Å². The summed E-state index contributed by atoms with van der Waals surface area (Å²) in [7, 11) is 0. The molecule has 1 rings (SSSR count). The lowest BCUT2D eigenvalue weighted by Gasteiger charge is -2.25. The minimum Gasteiger partial charge on any atom is -0.305 e. The molecule has 0 spiro atoms. The summed E-state index contributed by atoms with van der Waals surface area (Å²) in [5, 5.41) is 17.7. The molecule has 0 bridgehead atoms. The molecule has 5 nitrogen and oxygen atoms in total. The van der Waals surface area contributed by atoms with Crippen molar-refractivity contribution in [2.24, 2.45) is 11.8 Å². The lowest BCUT2D eigenvalue weighted by atomic mass is 9.95. The average Bonchev–Trinajstić information content (AvgIpc) is 2.67. The molecule has 0 fully saturated rings. The Morgan fingerprint density at radius 2 is 1.65 bits per heavy atom. The Hall–Kier alpha value is -0.970. The topological polar surface area (TPSA) is 66.5 Å². The van der Waals surface area contributed by atoms with Crippen LogP contribution in [0.15, 0.2) is 0 Å². The van der Waals surface area contributed by atoms with Crippen molar-refractivity contribution in [1.29, 1.82) is 0 Å². The van der Waals surface area contributed by atoms with Gasteiger partial charge in [-0.05, 0) is 31.6 Å². The Morgan fingerprint density at radius 1 is 1.06 bits per heavy atom. The first-order valence-corrected chi connectivity index (χ1v) is 6.48. The lowest BCUT2D eigenvalue weighted by Crippen LogP contribution is -2.34. The van der Waals surface area contributed by atoms with Gasteiger partial charge in [0.05, 0.1) is 6.04 Å². The van der Waals surface area contributed by atoms with E-state index in [0.29, 0.717) is 17.9 Å². The van der Waals surface area contributed by atoms with Crippen LogP contribution in [0, 0.1) is 11.8 Å². The maximum atomic E-state index is 4.02. The van der Waals surface area contributed by atoms with Gasteiger partial charge in [-0.1, -0.05) is 32.9 Å². The zero-order chi connectivity index (χ0) is 12.8. The third kappa shape index (κ3) is 5.26. The van der Waals surface area contributed by atoms with E-state index in [1.807, 2.05) is 0 Å². The van der Waals surface area contributed by atoms with Crippen LogP contribution < -0.4 is 5.32 Å². The zero-order valence-electron chi connectivity index (χ0n) is 11.6. The van der Waals surface area contributed by atoms with Gasteiger partial charge in [0, 0.05) is 6.04 Å². The summed E-state index contributed by atoms with van der Waals surface area (Å²) < 4.78 is 0. The highest BCUT2D eigenvalue weighted by atomic mass is 15.5. The molecular formula is C12H25N5. The number of nitrogens with zero attached hydrogens (tertiary/aromatic N) is 3. The van der Waals surface area contributed by atoms with Gasteiger partial charge in [0.1, 0.15) is 0 Å². The van der Waals surface area contributed by atoms with E-state index in [2.05, 4.69) is 60.6 Å². The summed E-state index contributed by atoms with van der Waals surface area (Å²) in [6, 6.07) is 0.666. The van der Waals surface area contributed by atoms with E-state index < -0.39 is 0 Å². The molecule has 0 aliphatic carbocycles. The quantitative estimate of drug-likeness (QED) is 0.766. The van der Waals surface area contributed by atoms with Crippen LogP contribution in [-0.4, -0.2) is 26.7 Å². The van der Waals surface area contributed by atoms with Crippen LogP contribution in [-0.2, 0) is 0 Å². The van der Waals surface area contributed by atoms with E-state index in [1.165, 1.54) is 12.8 Å². The van der Waals surface area contributed by atoms with Crippen molar-refractivity contribution < 1.29 is 0 Å². The average molecular weight is 239 g/mol. The van der Waals surface area contributed by atoms with E-state index in [4.69, 9.17) is 0 Å². The maximum absolute atomic E-state index is 4.02. The second-order valence-electron chi connectivity index (χ2n) is 5.61. The Balaban J connectivity index is 2.52. The zero-order valence-corrected chi connectivity index (χ0v) is 11.6. The van der Waals surface area contributed by atoms with Crippen molar-refractivity contribution in [3.8, 4) is 0 Å². The normalized spacial score (nSPS) is 13.9. The molecule has 1 heterocycles. The fraction of sp³-hybridized carbons (Fsp3) is 0.917. The molecule has 0 radical (unpaired) electrons. The largest absolute Gasteiger partial charge is 0.305 e. The molecular weight excluding hydrogens is 214 g/mol. The predicted octanol–water partition coefficient (Wildman–Crippen LogP) is 2.31. The van der Waals surface area contributed by atoms with Gasteiger partial charge in [0.2, 0.25) is 0 Å². The van der Waals surface area contributed by atoms with E-state index in [0.717, 1.165) is 5.82 Å². The molecule has 0 amide bonds. The number of tetrazole rings is 1. The Kier molecular flexibility index (Phi) is 5.55. The van der Waals surface area contributed by atoms with E-state index in [9.17, 15) is 0 Å². The molecule has 0 aliphatic heterocycles. The first-order chi connectivity index (χ1) is 7.99. The summed E-state index contributed by atoms with van der Waals surface area (Å²) >= 11 is 0. The van der Waals surface area contributed by atoms with Gasteiger partial charge in [0.15, 0.2) is 5.82 Å². The first-order valence-electron chi connectivity index (χ1n) is 6.48. The lowest BCUT2D eigenvalue weighted by molar-refractivity contribution is 0.330. The minimum absolute atomic E-state index is 0.149. The Labute approximate surface area is 104 Å². The van der Waals surface area contributed by atoms with Crippen molar-refractivity contribution in [1.82, 2.24) is 25.9 Å². The third-order valence-corrected chi connectivity index (χ3v) is 2.75. The molecule has 1 unspecified atom stereocenters. The van der Waals surface area contributed by atoms with E-state index >= 15 is 0 Å². The van der Waals surface area contributed by atoms with E-state index in [-0.39, 0.29) is 6.04 Å². The smallest absolute Gasteiger partial charge is 0.191 e. The van der Waals surface area contributed by atoms with E-state index in [1.54, 1.807) is 0 Å². The van der Waals surface area contributed by atoms with Crippen LogP contribution in [0.25, 0.3) is 0 Å². The molecule has 1 aromatic heterocycles. The second-order valence-corrected chi connectivity index (χ2v) is 5.61. The molecule has 17 heavy (non-hydrogen) atoms. The van der Waals surface area contributed by atoms with Crippen LogP contribution in [0.1, 0.15) is 59.3 Å². The second kappa shape index (κ2) is 6.69. The molecule has 0 saturated carbocycles. The Morgan fingerprint density at radius 3 is 2.06 bits per heavy atom. The fourth-order valence-electron chi connectivity index (χ4n) is 2.15. The first kappa shape index (κ1) is 14.1. The minimum atomic E-state index is 0.149. The van der Waals surface area contributed by atoms with Gasteiger partial charge in [-0.2, -0.15) is 5.21 Å². The third-order valence-electron chi connectivity index (χ3n) is 2.75. The maximum Gasteiger partial charge on any atom is 0.191 e. The van der Waals surface area contributed by atoms with Crippen molar-refractivity contribution in [2.75, 3.05) is 0 Å². The van der Waals surface area contributed by atoms with Crippen LogP contribution in [0.3, 0.4) is 0 Å². The highest BCUT2D eigenvalue weighted by molar-refractivity contribution is 4.88. The summed E-state index contributed by atoms with van der Waals surface area (Å²) in [5.41, 5.74) is 0. The number of hydrogen-bond acceptors (Lipinski definition) is 4. The Bertz CT molecular complexity index is 284. The molecule has 1 atom stereocenters. The molecule has 98 valence electrons. The van der Waals surface area contributed by atoms with Crippen molar-refractivity contribution >= 4 is 0 Å². The molecule has 0 aliphatic rings. The summed E-state index contributed by atoms with van der Waals surface area (Å²) in [4.78, 5) is 0. The van der Waals surface area contributed by atoms with Gasteiger partial charge in [-0.25, -0.2) is 0 Å². The number of rotatable bonds is 7. The van der Waals surface area contributed by atoms with Gasteiger partial charge < -0.3 is 5.32 Å². The van der Waals surface area contributed by atoms with Gasteiger partial charge in [0.25, 0.3) is 0 Å². The molecule has 5 heteroatoms. The summed E-state index contributed by atoms with van der Waals surface area (Å²) in [5.74, 6) is 2.13. The van der Waals surface area contributed by atoms with Crippen LogP contribution in [0.5, 0.6) is 0 Å². The number of nitrogens with one attached hydrogen (secondary N) is 2. The fourth-order valence-corrected chi connectivity index (χ4v) is 2.15. The van der Waals surface area contributed by atoms with Crippen molar-refractivity contribution in [3.05, 3.63) is 5.82 Å². The SMILES string of the molecule is CC(C)CC(CC(C)C)NC(C)c1nn[nH]n1. The highest BCUT2D eigenvalue weighted by Gasteiger charge is 2.18. The summed E-state index contributed by atoms with van der Waals surface area (Å²) in [6.45, 7) is 11.1. The molecule has 1 aromatic rings. The number of aromatic amines is 1. The van der Waals surface area contributed by atoms with Gasteiger partial charge in [-0.15, -0.1) is 10.2 Å². The van der Waals surface area contributed by atoms with Crippen molar-refractivity contribution in [3.63, 3.8) is 0 Å². The molecule has 0 aromatic carbocycles. The molecule has 2 N–H and O–H groups in total. The number of H-pyrrole nitrogens is 1. The van der Waals surface area contributed by atoms with Gasteiger partial charge >= 0.3 is 0 Å². The van der Waals surface area contributed by atoms with Crippen LogP contribution >= 0.6 is 0 Å². The number of hydrogen-bond donors (Lipinski definition) is 2. The van der Waals surface area contributed by atoms with Crippen LogP contribution in [0.2, 0.25) is 0 Å².